The number of aryl methyl sites for hydroxylation is 1. The first-order valence-corrected chi connectivity index (χ1v) is 11.1. The molecule has 1 saturated carbocycles. The fourth-order valence-electron chi connectivity index (χ4n) is 3.52. The highest BCUT2D eigenvalue weighted by Crippen LogP contribution is 2.25. The second-order valence-electron chi connectivity index (χ2n) is 7.22. The minimum Gasteiger partial charge on any atom is -0.308 e. The maximum atomic E-state index is 2.69. The van der Waals surface area contributed by atoms with E-state index >= 15 is 0 Å². The van der Waals surface area contributed by atoms with Crippen LogP contribution in [0.2, 0.25) is 0 Å². The van der Waals surface area contributed by atoms with Crippen molar-refractivity contribution < 1.29 is 0 Å². The van der Waals surface area contributed by atoms with Gasteiger partial charge in [-0.1, -0.05) is 78.1 Å². The predicted molar refractivity (Wildman–Crippen MR) is 119 cm³/mol. The zero-order valence-electron chi connectivity index (χ0n) is 18.9. The van der Waals surface area contributed by atoms with Gasteiger partial charge in [0.2, 0.25) is 0 Å². The van der Waals surface area contributed by atoms with Gasteiger partial charge in [0, 0.05) is 26.2 Å². The molecule has 0 unspecified atom stereocenters. The van der Waals surface area contributed by atoms with Crippen molar-refractivity contribution in [1.29, 1.82) is 0 Å². The van der Waals surface area contributed by atoms with Crippen LogP contribution >= 0.6 is 0 Å². The van der Waals surface area contributed by atoms with Crippen LogP contribution in [-0.4, -0.2) is 43.5 Å². The van der Waals surface area contributed by atoms with Gasteiger partial charge in [0.25, 0.3) is 0 Å². The lowest BCUT2D eigenvalue weighted by atomic mass is 9.89. The first-order valence-electron chi connectivity index (χ1n) is 11.1. The van der Waals surface area contributed by atoms with Gasteiger partial charge < -0.3 is 4.90 Å². The molecule has 1 aromatic rings. The number of nitrogens with zero attached hydrogens (tertiary/aromatic N) is 2. The average Bonchev–Trinajstić information content (AvgIpc) is 2.70. The van der Waals surface area contributed by atoms with Crippen molar-refractivity contribution in [3.8, 4) is 0 Å². The lowest BCUT2D eigenvalue weighted by molar-refractivity contribution is 0.179. The summed E-state index contributed by atoms with van der Waals surface area (Å²) in [6.07, 6.45) is 8.34. The van der Waals surface area contributed by atoms with E-state index in [1.807, 2.05) is 27.7 Å². The van der Waals surface area contributed by atoms with E-state index in [1.54, 1.807) is 0 Å². The zero-order chi connectivity index (χ0) is 19.8. The summed E-state index contributed by atoms with van der Waals surface area (Å²) in [5.41, 5.74) is 2.94. The van der Waals surface area contributed by atoms with Gasteiger partial charge in [-0.2, -0.15) is 0 Å². The number of hydrogen-bond acceptors (Lipinski definition) is 2. The second-order valence-corrected chi connectivity index (χ2v) is 7.22. The summed E-state index contributed by atoms with van der Waals surface area (Å²) in [6, 6.07) is 9.15. The fourth-order valence-corrected chi connectivity index (χ4v) is 3.52. The van der Waals surface area contributed by atoms with Gasteiger partial charge in [0.15, 0.2) is 0 Å². The third-order valence-corrected chi connectivity index (χ3v) is 4.91. The van der Waals surface area contributed by atoms with Crippen molar-refractivity contribution in [2.24, 2.45) is 5.92 Å². The van der Waals surface area contributed by atoms with Crippen molar-refractivity contribution >= 4 is 0 Å². The lowest BCUT2D eigenvalue weighted by Gasteiger charge is -2.30. The van der Waals surface area contributed by atoms with Gasteiger partial charge in [0.1, 0.15) is 0 Å². The second kappa shape index (κ2) is 16.3. The number of hydrogen-bond donors (Lipinski definition) is 0. The summed E-state index contributed by atoms with van der Waals surface area (Å²) in [5, 5.41) is 0. The molecule has 0 bridgehead atoms. The molecule has 0 N–H and O–H groups in total. The van der Waals surface area contributed by atoms with Crippen LogP contribution in [0.3, 0.4) is 0 Å². The Morgan fingerprint density at radius 2 is 1.50 bits per heavy atom. The summed E-state index contributed by atoms with van der Waals surface area (Å²) in [5.74, 6) is 0.922. The van der Waals surface area contributed by atoms with Crippen LogP contribution in [0.25, 0.3) is 0 Å². The molecule has 2 rings (SSSR count). The molecule has 1 fully saturated rings. The molecule has 1 aliphatic rings. The summed E-state index contributed by atoms with van der Waals surface area (Å²) in [7, 11) is 4.35. The molecule has 2 heteroatoms. The van der Waals surface area contributed by atoms with E-state index < -0.39 is 0 Å². The van der Waals surface area contributed by atoms with Gasteiger partial charge in [-0.05, 0) is 50.4 Å². The van der Waals surface area contributed by atoms with E-state index in [0.717, 1.165) is 25.4 Å². The van der Waals surface area contributed by atoms with Crippen LogP contribution in [0.15, 0.2) is 24.3 Å². The van der Waals surface area contributed by atoms with Gasteiger partial charge >= 0.3 is 0 Å². The molecular weight excluding hydrogens is 316 g/mol. The molecule has 152 valence electrons. The quantitative estimate of drug-likeness (QED) is 0.539. The van der Waals surface area contributed by atoms with Gasteiger partial charge in [-0.25, -0.2) is 0 Å². The summed E-state index contributed by atoms with van der Waals surface area (Å²) < 4.78 is 0. The monoisotopic (exact) mass is 362 g/mol. The maximum Gasteiger partial charge on any atom is 0.0234 e. The minimum absolute atomic E-state index is 0.922. The SMILES string of the molecule is CC.CC.CCc1cccc(CN(CCN(C)C)CC2CCCCC2)c1. The Bertz CT molecular complexity index is 422. The summed E-state index contributed by atoms with van der Waals surface area (Å²) in [4.78, 5) is 4.99. The van der Waals surface area contributed by atoms with Gasteiger partial charge in [-0.15, -0.1) is 0 Å². The van der Waals surface area contributed by atoms with Crippen molar-refractivity contribution in [1.82, 2.24) is 9.80 Å². The Labute approximate surface area is 165 Å². The van der Waals surface area contributed by atoms with Gasteiger partial charge in [-0.3, -0.25) is 4.90 Å². The Morgan fingerprint density at radius 3 is 2.08 bits per heavy atom. The molecule has 1 aliphatic carbocycles. The molecule has 1 aromatic carbocycles. The van der Waals surface area contributed by atoms with Crippen LogP contribution in [0.1, 0.15) is 77.8 Å². The molecule has 0 radical (unpaired) electrons. The van der Waals surface area contributed by atoms with Crippen molar-refractivity contribution in [3.05, 3.63) is 35.4 Å². The average molecular weight is 363 g/mol. The lowest BCUT2D eigenvalue weighted by Crippen LogP contribution is -2.35. The largest absolute Gasteiger partial charge is 0.308 e. The molecule has 0 aliphatic heterocycles. The Hall–Kier alpha value is -0.860. The molecule has 0 atom stereocenters. The molecule has 0 amide bonds. The number of likely N-dealkylation sites (N-methyl/N-ethyl adjacent to an activating group) is 1. The van der Waals surface area contributed by atoms with Crippen LogP contribution in [-0.2, 0) is 13.0 Å². The van der Waals surface area contributed by atoms with E-state index in [2.05, 4.69) is 55.1 Å². The van der Waals surface area contributed by atoms with E-state index in [4.69, 9.17) is 0 Å². The highest BCUT2D eigenvalue weighted by atomic mass is 15.2. The first-order chi connectivity index (χ1) is 12.7. The molecule has 0 aromatic heterocycles. The zero-order valence-corrected chi connectivity index (χ0v) is 18.9. The molecule has 0 saturated heterocycles. The van der Waals surface area contributed by atoms with E-state index in [0.29, 0.717) is 0 Å². The number of rotatable bonds is 8. The molecule has 0 spiro atoms. The van der Waals surface area contributed by atoms with Crippen molar-refractivity contribution in [3.63, 3.8) is 0 Å². The summed E-state index contributed by atoms with van der Waals surface area (Å²) >= 11 is 0. The maximum absolute atomic E-state index is 2.69. The molecule has 2 nitrogen and oxygen atoms in total. The fraction of sp³-hybridized carbons (Fsp3) is 0.750. The molecule has 26 heavy (non-hydrogen) atoms. The molecular formula is C24H46N2. The topological polar surface area (TPSA) is 6.48 Å². The number of benzene rings is 1. The van der Waals surface area contributed by atoms with Crippen molar-refractivity contribution in [2.45, 2.75) is 79.7 Å². The van der Waals surface area contributed by atoms with Crippen LogP contribution in [0.5, 0.6) is 0 Å². The highest BCUT2D eigenvalue weighted by molar-refractivity contribution is 5.23. The first kappa shape index (κ1) is 25.1. The van der Waals surface area contributed by atoms with E-state index in [-0.39, 0.29) is 0 Å². The van der Waals surface area contributed by atoms with Crippen LogP contribution in [0, 0.1) is 5.92 Å². The third-order valence-electron chi connectivity index (χ3n) is 4.91. The summed E-state index contributed by atoms with van der Waals surface area (Å²) in [6.45, 7) is 15.0. The van der Waals surface area contributed by atoms with E-state index in [9.17, 15) is 0 Å². The van der Waals surface area contributed by atoms with Crippen LogP contribution < -0.4 is 0 Å². The molecule has 0 heterocycles. The van der Waals surface area contributed by atoms with Crippen molar-refractivity contribution in [2.75, 3.05) is 33.7 Å². The minimum atomic E-state index is 0.922. The van der Waals surface area contributed by atoms with Crippen LogP contribution in [0.4, 0.5) is 0 Å². The highest BCUT2D eigenvalue weighted by Gasteiger charge is 2.17. The third kappa shape index (κ3) is 11.0. The smallest absolute Gasteiger partial charge is 0.0234 e. The predicted octanol–water partition coefficient (Wildman–Crippen LogP) is 6.25. The standard InChI is InChI=1S/C20H34N2.2C2H6/c1-4-18-11-8-12-20(15-18)17-22(14-13-21(2)3)16-19-9-6-5-7-10-19;2*1-2/h8,11-12,15,19H,4-7,9-10,13-14,16-17H2,1-3H3;2*1-2H3. The Balaban J connectivity index is 0.00000146. The normalized spacial score (nSPS) is 14.5. The Kier molecular flexibility index (Phi) is 15.8. The Morgan fingerprint density at radius 1 is 0.885 bits per heavy atom. The van der Waals surface area contributed by atoms with Gasteiger partial charge in [0.05, 0.1) is 0 Å². The van der Waals surface area contributed by atoms with E-state index in [1.165, 1.54) is 56.3 Å².